The minimum Gasteiger partial charge on any atom is -0.490 e. The molecule has 0 atom stereocenters. The van der Waals surface area contributed by atoms with E-state index < -0.39 is 5.60 Å². The third kappa shape index (κ3) is 4.92. The molecule has 26 heavy (non-hydrogen) atoms. The normalized spacial score (nSPS) is 14.9. The fourth-order valence-corrected chi connectivity index (χ4v) is 3.07. The van der Waals surface area contributed by atoms with Gasteiger partial charge in [0.15, 0.2) is 5.60 Å². The van der Waals surface area contributed by atoms with Crippen LogP contribution in [0.5, 0.6) is 11.5 Å². The minimum atomic E-state index is -1.02. The van der Waals surface area contributed by atoms with Crippen LogP contribution in [0.15, 0.2) is 48.5 Å². The van der Waals surface area contributed by atoms with E-state index in [4.69, 9.17) is 21.1 Å². The van der Waals surface area contributed by atoms with Gasteiger partial charge in [-0.25, -0.2) is 0 Å². The van der Waals surface area contributed by atoms with Gasteiger partial charge in [0.1, 0.15) is 11.5 Å². The van der Waals surface area contributed by atoms with E-state index in [0.29, 0.717) is 22.6 Å². The largest absolute Gasteiger partial charge is 0.490 e. The van der Waals surface area contributed by atoms with Crippen LogP contribution in [0.2, 0.25) is 5.02 Å². The van der Waals surface area contributed by atoms with Crippen LogP contribution in [0.3, 0.4) is 0 Å². The van der Waals surface area contributed by atoms with Crippen molar-refractivity contribution in [3.05, 3.63) is 53.6 Å². The summed E-state index contributed by atoms with van der Waals surface area (Å²) in [5.41, 5.74) is -0.311. The predicted octanol–water partition coefficient (Wildman–Crippen LogP) is 5.46. The highest BCUT2D eigenvalue weighted by Crippen LogP contribution is 2.26. The monoisotopic (exact) mass is 373 g/mol. The lowest BCUT2D eigenvalue weighted by atomic mass is 10.1. The van der Waals surface area contributed by atoms with E-state index in [1.54, 1.807) is 38.1 Å². The first-order valence-corrected chi connectivity index (χ1v) is 9.33. The van der Waals surface area contributed by atoms with Crippen LogP contribution >= 0.6 is 11.6 Å². The van der Waals surface area contributed by atoms with Crippen molar-refractivity contribution in [2.45, 2.75) is 51.2 Å². The highest BCUT2D eigenvalue weighted by atomic mass is 35.5. The fourth-order valence-electron chi connectivity index (χ4n) is 2.94. The second-order valence-electron chi connectivity index (χ2n) is 7.07. The molecule has 0 spiro atoms. The quantitative estimate of drug-likeness (QED) is 0.731. The van der Waals surface area contributed by atoms with Crippen LogP contribution in [0, 0.1) is 0 Å². The Labute approximate surface area is 159 Å². The SMILES string of the molecule is CC(C)(Oc1ccc(Cl)cc1)C(=O)Nc1ccc(OC2CCCC2)cc1. The molecule has 2 aromatic rings. The number of carbonyl (C=O) groups excluding carboxylic acids is 1. The molecule has 0 aliphatic heterocycles. The molecule has 1 saturated carbocycles. The summed E-state index contributed by atoms with van der Waals surface area (Å²) in [6, 6.07) is 14.4. The summed E-state index contributed by atoms with van der Waals surface area (Å²) >= 11 is 5.87. The molecule has 0 unspecified atom stereocenters. The molecule has 0 saturated heterocycles. The average molecular weight is 374 g/mol. The van der Waals surface area contributed by atoms with Gasteiger partial charge in [0, 0.05) is 10.7 Å². The number of hydrogen-bond acceptors (Lipinski definition) is 3. The first-order chi connectivity index (χ1) is 12.4. The Morgan fingerprint density at radius 1 is 1.00 bits per heavy atom. The molecule has 138 valence electrons. The van der Waals surface area contributed by atoms with Crippen LogP contribution in [-0.4, -0.2) is 17.6 Å². The number of benzene rings is 2. The van der Waals surface area contributed by atoms with Crippen molar-refractivity contribution in [2.75, 3.05) is 5.32 Å². The van der Waals surface area contributed by atoms with E-state index >= 15 is 0 Å². The van der Waals surface area contributed by atoms with Gasteiger partial charge >= 0.3 is 0 Å². The van der Waals surface area contributed by atoms with E-state index in [0.717, 1.165) is 18.6 Å². The molecule has 1 amide bonds. The Morgan fingerprint density at radius 3 is 2.19 bits per heavy atom. The van der Waals surface area contributed by atoms with Crippen molar-refractivity contribution in [3.63, 3.8) is 0 Å². The van der Waals surface area contributed by atoms with Gasteiger partial charge in [-0.3, -0.25) is 4.79 Å². The van der Waals surface area contributed by atoms with Crippen molar-refractivity contribution >= 4 is 23.2 Å². The van der Waals surface area contributed by atoms with Gasteiger partial charge in [-0.2, -0.15) is 0 Å². The molecule has 2 aromatic carbocycles. The van der Waals surface area contributed by atoms with Crippen LogP contribution < -0.4 is 14.8 Å². The Morgan fingerprint density at radius 2 is 1.58 bits per heavy atom. The van der Waals surface area contributed by atoms with E-state index in [9.17, 15) is 4.79 Å². The third-order valence-electron chi connectivity index (χ3n) is 4.45. The van der Waals surface area contributed by atoms with Gasteiger partial charge in [-0.05, 0) is 88.1 Å². The lowest BCUT2D eigenvalue weighted by molar-refractivity contribution is -0.128. The Kier molecular flexibility index (Phi) is 5.72. The minimum absolute atomic E-state index is 0.225. The highest BCUT2D eigenvalue weighted by Gasteiger charge is 2.30. The molecule has 1 aliphatic rings. The first-order valence-electron chi connectivity index (χ1n) is 8.95. The van der Waals surface area contributed by atoms with Crippen LogP contribution in [-0.2, 0) is 4.79 Å². The molecule has 5 heteroatoms. The number of halogens is 1. The second kappa shape index (κ2) is 8.00. The van der Waals surface area contributed by atoms with Gasteiger partial charge in [-0.1, -0.05) is 11.6 Å². The molecular formula is C21H24ClNO3. The van der Waals surface area contributed by atoms with E-state index in [2.05, 4.69) is 5.32 Å². The number of carbonyl (C=O) groups is 1. The zero-order valence-corrected chi connectivity index (χ0v) is 15.9. The van der Waals surface area contributed by atoms with E-state index in [-0.39, 0.29) is 5.91 Å². The van der Waals surface area contributed by atoms with Crippen molar-refractivity contribution < 1.29 is 14.3 Å². The molecule has 0 radical (unpaired) electrons. The highest BCUT2D eigenvalue weighted by molar-refractivity contribution is 6.30. The number of anilines is 1. The zero-order valence-electron chi connectivity index (χ0n) is 15.1. The molecule has 4 nitrogen and oxygen atoms in total. The number of hydrogen-bond donors (Lipinski definition) is 1. The first kappa shape index (κ1) is 18.6. The Balaban J connectivity index is 1.58. The number of rotatable bonds is 6. The summed E-state index contributed by atoms with van der Waals surface area (Å²) in [7, 11) is 0. The van der Waals surface area contributed by atoms with Crippen molar-refractivity contribution in [1.29, 1.82) is 0 Å². The van der Waals surface area contributed by atoms with E-state index in [1.807, 2.05) is 24.3 Å². The maximum Gasteiger partial charge on any atom is 0.267 e. The Hall–Kier alpha value is -2.20. The third-order valence-corrected chi connectivity index (χ3v) is 4.70. The zero-order chi connectivity index (χ0) is 18.6. The summed E-state index contributed by atoms with van der Waals surface area (Å²) in [5.74, 6) is 1.21. The smallest absolute Gasteiger partial charge is 0.267 e. The topological polar surface area (TPSA) is 47.6 Å². The predicted molar refractivity (Wildman–Crippen MR) is 104 cm³/mol. The summed E-state index contributed by atoms with van der Waals surface area (Å²) in [6.45, 7) is 3.46. The van der Waals surface area contributed by atoms with Crippen molar-refractivity contribution in [2.24, 2.45) is 0 Å². The summed E-state index contributed by atoms with van der Waals surface area (Å²) in [4.78, 5) is 12.6. The standard InChI is InChI=1S/C21H24ClNO3/c1-21(2,26-19-11-7-15(22)8-12-19)20(24)23-16-9-13-18(14-10-16)25-17-5-3-4-6-17/h7-14,17H,3-6H2,1-2H3,(H,23,24). The molecule has 0 bridgehead atoms. The molecule has 1 fully saturated rings. The summed E-state index contributed by atoms with van der Waals surface area (Å²) in [6.07, 6.45) is 5.04. The Bertz CT molecular complexity index is 735. The summed E-state index contributed by atoms with van der Waals surface area (Å²) < 4.78 is 11.8. The average Bonchev–Trinajstić information content (AvgIpc) is 3.11. The number of nitrogens with one attached hydrogen (secondary N) is 1. The molecule has 1 N–H and O–H groups in total. The van der Waals surface area contributed by atoms with Crippen molar-refractivity contribution in [3.8, 4) is 11.5 Å². The molecule has 0 heterocycles. The second-order valence-corrected chi connectivity index (χ2v) is 7.51. The molecular weight excluding hydrogens is 350 g/mol. The van der Waals surface area contributed by atoms with Gasteiger partial charge in [0.2, 0.25) is 0 Å². The van der Waals surface area contributed by atoms with Gasteiger partial charge in [0.05, 0.1) is 6.10 Å². The van der Waals surface area contributed by atoms with Crippen molar-refractivity contribution in [1.82, 2.24) is 0 Å². The van der Waals surface area contributed by atoms with Gasteiger partial charge in [-0.15, -0.1) is 0 Å². The number of amides is 1. The van der Waals surface area contributed by atoms with Crippen LogP contribution in [0.1, 0.15) is 39.5 Å². The van der Waals surface area contributed by atoms with Gasteiger partial charge < -0.3 is 14.8 Å². The lowest BCUT2D eigenvalue weighted by Crippen LogP contribution is -2.42. The number of ether oxygens (including phenoxy) is 2. The molecule has 1 aliphatic carbocycles. The van der Waals surface area contributed by atoms with E-state index in [1.165, 1.54) is 12.8 Å². The summed E-state index contributed by atoms with van der Waals surface area (Å²) in [5, 5.41) is 3.51. The fraction of sp³-hybridized carbons (Fsp3) is 0.381. The maximum atomic E-state index is 12.6. The van der Waals surface area contributed by atoms with Gasteiger partial charge in [0.25, 0.3) is 5.91 Å². The van der Waals surface area contributed by atoms with Crippen LogP contribution in [0.4, 0.5) is 5.69 Å². The maximum absolute atomic E-state index is 12.6. The lowest BCUT2D eigenvalue weighted by Gasteiger charge is -2.25. The molecule has 0 aromatic heterocycles. The molecule has 3 rings (SSSR count). The van der Waals surface area contributed by atoms with Crippen LogP contribution in [0.25, 0.3) is 0 Å².